The number of Topliss-reactive ketones (excluding diaryl/α,β-unsaturated/α-hetero) is 1. The minimum atomic E-state index is -0.873. The molecular weight excluding hydrogens is 490 g/mol. The number of carbonyl (C=O) groups is 2. The predicted molar refractivity (Wildman–Crippen MR) is 125 cm³/mol. The summed E-state index contributed by atoms with van der Waals surface area (Å²) in [6.45, 7) is 1.93. The van der Waals surface area contributed by atoms with Crippen molar-refractivity contribution < 1.29 is 28.6 Å². The Morgan fingerprint density at radius 1 is 1.06 bits per heavy atom. The Hall–Kier alpha value is -3.52. The maximum absolute atomic E-state index is 13.1. The zero-order valence-electron chi connectivity index (χ0n) is 18.3. The number of nitrogens with zero attached hydrogens (tertiary/aromatic N) is 1. The second kappa shape index (κ2) is 9.15. The highest BCUT2D eigenvalue weighted by Gasteiger charge is 2.47. The standard InChI is InChI=1S/C25H22BrNO6/c1-14-4-10-20(33-14)22-21(23(28)16-7-11-19(32-3)18(26)12-16)24(29)25(30)27(22)13-15-5-8-17(31-2)9-6-15/h4-12,22,28H,13H2,1-3H3/b23-21-. The van der Waals surface area contributed by atoms with Crippen molar-refractivity contribution in [2.24, 2.45) is 0 Å². The van der Waals surface area contributed by atoms with E-state index in [-0.39, 0.29) is 17.9 Å². The number of aliphatic hydroxyl groups excluding tert-OH is 1. The van der Waals surface area contributed by atoms with Crippen molar-refractivity contribution in [2.45, 2.75) is 19.5 Å². The Labute approximate surface area is 199 Å². The van der Waals surface area contributed by atoms with E-state index in [2.05, 4.69) is 15.9 Å². The third-order valence-electron chi connectivity index (χ3n) is 5.51. The maximum Gasteiger partial charge on any atom is 0.296 e. The van der Waals surface area contributed by atoms with Crippen LogP contribution >= 0.6 is 15.9 Å². The summed E-state index contributed by atoms with van der Waals surface area (Å²) in [5, 5.41) is 11.1. The summed E-state index contributed by atoms with van der Waals surface area (Å²) in [6.07, 6.45) is 0. The van der Waals surface area contributed by atoms with E-state index in [1.165, 1.54) is 12.0 Å². The van der Waals surface area contributed by atoms with Gasteiger partial charge in [-0.2, -0.15) is 0 Å². The van der Waals surface area contributed by atoms with Crippen LogP contribution in [0.15, 0.2) is 69.1 Å². The normalized spacial score (nSPS) is 17.5. The molecule has 2 aromatic carbocycles. The van der Waals surface area contributed by atoms with Crippen LogP contribution in [0.4, 0.5) is 0 Å². The van der Waals surface area contributed by atoms with Crippen LogP contribution in [0.3, 0.4) is 0 Å². The topological polar surface area (TPSA) is 89.2 Å². The number of aliphatic hydroxyl groups is 1. The monoisotopic (exact) mass is 511 g/mol. The van der Waals surface area contributed by atoms with Crippen molar-refractivity contribution in [3.8, 4) is 11.5 Å². The van der Waals surface area contributed by atoms with Gasteiger partial charge < -0.3 is 23.9 Å². The number of hydrogen-bond donors (Lipinski definition) is 1. The predicted octanol–water partition coefficient (Wildman–Crippen LogP) is 4.99. The molecular formula is C25H22BrNO6. The molecule has 1 N–H and O–H groups in total. The molecule has 1 fully saturated rings. The summed E-state index contributed by atoms with van der Waals surface area (Å²) in [7, 11) is 3.11. The lowest BCUT2D eigenvalue weighted by Crippen LogP contribution is -2.29. The Kier molecular flexibility index (Phi) is 6.29. The first kappa shape index (κ1) is 22.7. The highest BCUT2D eigenvalue weighted by atomic mass is 79.9. The average molecular weight is 512 g/mol. The molecule has 170 valence electrons. The van der Waals surface area contributed by atoms with Gasteiger partial charge >= 0.3 is 0 Å². The van der Waals surface area contributed by atoms with Crippen LogP contribution in [0.1, 0.15) is 28.7 Å². The van der Waals surface area contributed by atoms with Crippen LogP contribution in [-0.4, -0.2) is 35.9 Å². The van der Waals surface area contributed by atoms with E-state index >= 15 is 0 Å². The van der Waals surface area contributed by atoms with Gasteiger partial charge in [0.1, 0.15) is 34.8 Å². The van der Waals surface area contributed by atoms with E-state index in [1.807, 2.05) is 12.1 Å². The number of carbonyl (C=O) groups excluding carboxylic acids is 2. The summed E-state index contributed by atoms with van der Waals surface area (Å²) < 4.78 is 16.8. The van der Waals surface area contributed by atoms with E-state index in [1.54, 1.807) is 56.5 Å². The van der Waals surface area contributed by atoms with E-state index in [9.17, 15) is 14.7 Å². The summed E-state index contributed by atoms with van der Waals surface area (Å²) in [5.41, 5.74) is 1.15. The van der Waals surface area contributed by atoms with Gasteiger partial charge in [-0.05, 0) is 70.9 Å². The van der Waals surface area contributed by atoms with E-state index in [0.717, 1.165) is 5.56 Å². The fourth-order valence-corrected chi connectivity index (χ4v) is 4.38. The number of halogens is 1. The zero-order chi connectivity index (χ0) is 23.7. The highest BCUT2D eigenvalue weighted by molar-refractivity contribution is 9.10. The maximum atomic E-state index is 13.1. The molecule has 4 rings (SSSR count). The Morgan fingerprint density at radius 2 is 1.79 bits per heavy atom. The van der Waals surface area contributed by atoms with Gasteiger partial charge in [0, 0.05) is 12.1 Å². The molecule has 0 aliphatic carbocycles. The van der Waals surface area contributed by atoms with E-state index in [4.69, 9.17) is 13.9 Å². The van der Waals surface area contributed by atoms with Crippen molar-refractivity contribution in [3.63, 3.8) is 0 Å². The second-order valence-corrected chi connectivity index (χ2v) is 8.43. The molecule has 2 heterocycles. The van der Waals surface area contributed by atoms with Gasteiger partial charge in [-0.25, -0.2) is 0 Å². The number of aryl methyl sites for hydroxylation is 1. The van der Waals surface area contributed by atoms with Crippen molar-refractivity contribution in [2.75, 3.05) is 14.2 Å². The van der Waals surface area contributed by atoms with Crippen LogP contribution < -0.4 is 9.47 Å². The van der Waals surface area contributed by atoms with Crippen LogP contribution in [-0.2, 0) is 16.1 Å². The number of furan rings is 1. The van der Waals surface area contributed by atoms with Crippen molar-refractivity contribution >= 4 is 33.4 Å². The summed E-state index contributed by atoms with van der Waals surface area (Å²) in [5.74, 6) is 0.523. The molecule has 0 saturated carbocycles. The number of methoxy groups -OCH3 is 2. The van der Waals surface area contributed by atoms with E-state index in [0.29, 0.717) is 33.1 Å². The van der Waals surface area contributed by atoms with Crippen molar-refractivity contribution in [1.82, 2.24) is 4.90 Å². The Bertz CT molecular complexity index is 1240. The molecule has 1 unspecified atom stereocenters. The van der Waals surface area contributed by atoms with Gasteiger partial charge in [-0.15, -0.1) is 0 Å². The van der Waals surface area contributed by atoms with Gasteiger partial charge in [0.2, 0.25) is 0 Å². The molecule has 3 aromatic rings. The Balaban J connectivity index is 1.81. The molecule has 1 aromatic heterocycles. The van der Waals surface area contributed by atoms with E-state index < -0.39 is 17.7 Å². The molecule has 1 amide bonds. The van der Waals surface area contributed by atoms with Crippen LogP contribution in [0.5, 0.6) is 11.5 Å². The third-order valence-corrected chi connectivity index (χ3v) is 6.13. The van der Waals surface area contributed by atoms with Crippen LogP contribution in [0, 0.1) is 6.92 Å². The molecule has 1 atom stereocenters. The summed E-state index contributed by atoms with van der Waals surface area (Å²) in [4.78, 5) is 27.6. The first-order chi connectivity index (χ1) is 15.8. The number of ketones is 1. The van der Waals surface area contributed by atoms with Gasteiger partial charge in [-0.1, -0.05) is 12.1 Å². The highest BCUT2D eigenvalue weighted by Crippen LogP contribution is 2.41. The first-order valence-corrected chi connectivity index (χ1v) is 10.9. The minimum absolute atomic E-state index is 0.0278. The molecule has 1 aliphatic rings. The van der Waals surface area contributed by atoms with Gasteiger partial charge in [-0.3, -0.25) is 9.59 Å². The van der Waals surface area contributed by atoms with Crippen molar-refractivity contribution in [1.29, 1.82) is 0 Å². The molecule has 0 spiro atoms. The van der Waals surface area contributed by atoms with Gasteiger partial charge in [0.15, 0.2) is 0 Å². The molecule has 7 nitrogen and oxygen atoms in total. The quantitative estimate of drug-likeness (QED) is 0.285. The van der Waals surface area contributed by atoms with Crippen LogP contribution in [0.2, 0.25) is 0 Å². The lowest BCUT2D eigenvalue weighted by atomic mass is 9.99. The molecule has 33 heavy (non-hydrogen) atoms. The number of amides is 1. The van der Waals surface area contributed by atoms with Crippen molar-refractivity contribution in [3.05, 3.63) is 87.3 Å². The lowest BCUT2D eigenvalue weighted by molar-refractivity contribution is -0.140. The fourth-order valence-electron chi connectivity index (χ4n) is 3.84. The van der Waals surface area contributed by atoms with Crippen LogP contribution in [0.25, 0.3) is 5.76 Å². The largest absolute Gasteiger partial charge is 0.507 e. The average Bonchev–Trinajstić information content (AvgIpc) is 3.35. The third kappa shape index (κ3) is 4.26. The summed E-state index contributed by atoms with van der Waals surface area (Å²) >= 11 is 3.39. The summed E-state index contributed by atoms with van der Waals surface area (Å²) in [6, 6.07) is 14.7. The molecule has 8 heteroatoms. The number of rotatable bonds is 6. The fraction of sp³-hybridized carbons (Fsp3) is 0.200. The zero-order valence-corrected chi connectivity index (χ0v) is 19.9. The second-order valence-electron chi connectivity index (χ2n) is 7.57. The smallest absolute Gasteiger partial charge is 0.296 e. The minimum Gasteiger partial charge on any atom is -0.507 e. The number of hydrogen-bond acceptors (Lipinski definition) is 6. The lowest BCUT2D eigenvalue weighted by Gasteiger charge is -2.23. The van der Waals surface area contributed by atoms with Gasteiger partial charge in [0.05, 0.1) is 24.3 Å². The first-order valence-electron chi connectivity index (χ1n) is 10.2. The number of benzene rings is 2. The molecule has 0 bridgehead atoms. The van der Waals surface area contributed by atoms with Gasteiger partial charge in [0.25, 0.3) is 11.7 Å². The molecule has 1 saturated heterocycles. The molecule has 0 radical (unpaired) electrons. The number of likely N-dealkylation sites (tertiary alicyclic amines) is 1. The Morgan fingerprint density at radius 3 is 2.36 bits per heavy atom. The molecule has 1 aliphatic heterocycles. The number of ether oxygens (including phenoxy) is 2. The SMILES string of the molecule is COc1ccc(CN2C(=O)C(=O)/C(=C(\O)c3ccc(OC)c(Br)c3)C2c2ccc(C)o2)cc1.